The van der Waals surface area contributed by atoms with Crippen molar-refractivity contribution in [2.24, 2.45) is 0 Å². The average molecular weight is 489 g/mol. The number of carbonyl (C=O) groups excluding carboxylic acids is 2. The number of nitrogens with one attached hydrogen (secondary N) is 1. The molecule has 0 radical (unpaired) electrons. The number of benzene rings is 2. The molecule has 12 heteroatoms. The van der Waals surface area contributed by atoms with Crippen molar-refractivity contribution in [1.29, 1.82) is 0 Å². The maximum atomic E-state index is 12.8. The van der Waals surface area contributed by atoms with Crippen LogP contribution < -0.4 is 10.1 Å². The first-order chi connectivity index (χ1) is 15.2. The van der Waals surface area contributed by atoms with Gasteiger partial charge in [0.1, 0.15) is 10.6 Å². The summed E-state index contributed by atoms with van der Waals surface area (Å²) in [6, 6.07) is 9.16. The molecule has 0 atom stereocenters. The van der Waals surface area contributed by atoms with E-state index in [0.717, 1.165) is 18.9 Å². The SMILES string of the molecule is O=C(COC(=O)c1ccc(Cl)c(S(=O)(=O)N2CCCC2)c1)Nc1ccccc1OC(F)F. The minimum atomic E-state index is -3.87. The third kappa shape index (κ3) is 5.72. The van der Waals surface area contributed by atoms with Gasteiger partial charge in [0.15, 0.2) is 6.61 Å². The molecule has 1 aliphatic heterocycles. The molecule has 8 nitrogen and oxygen atoms in total. The van der Waals surface area contributed by atoms with E-state index in [9.17, 15) is 26.8 Å². The maximum absolute atomic E-state index is 12.8. The number of esters is 1. The van der Waals surface area contributed by atoms with E-state index in [1.165, 1.54) is 40.7 Å². The summed E-state index contributed by atoms with van der Waals surface area (Å²) in [4.78, 5) is 24.2. The topological polar surface area (TPSA) is 102 Å². The second kappa shape index (κ2) is 10.2. The van der Waals surface area contributed by atoms with Gasteiger partial charge in [-0.15, -0.1) is 0 Å². The van der Waals surface area contributed by atoms with Crippen molar-refractivity contribution in [2.45, 2.75) is 24.3 Å². The average Bonchev–Trinajstić information content (AvgIpc) is 3.29. The Morgan fingerprint density at radius 2 is 1.81 bits per heavy atom. The van der Waals surface area contributed by atoms with Crippen molar-refractivity contribution in [3.63, 3.8) is 0 Å². The highest BCUT2D eigenvalue weighted by Crippen LogP contribution is 2.28. The van der Waals surface area contributed by atoms with E-state index in [0.29, 0.717) is 13.1 Å². The van der Waals surface area contributed by atoms with Crippen LogP contribution in [0.1, 0.15) is 23.2 Å². The lowest BCUT2D eigenvalue weighted by atomic mass is 10.2. The summed E-state index contributed by atoms with van der Waals surface area (Å²) in [6.45, 7) is -3.09. The van der Waals surface area contributed by atoms with Gasteiger partial charge >= 0.3 is 12.6 Å². The Bertz CT molecular complexity index is 1110. The highest BCUT2D eigenvalue weighted by Gasteiger charge is 2.30. The molecule has 1 amide bonds. The fraction of sp³-hybridized carbons (Fsp3) is 0.300. The van der Waals surface area contributed by atoms with Gasteiger partial charge in [-0.25, -0.2) is 13.2 Å². The summed E-state index contributed by atoms with van der Waals surface area (Å²) in [6.07, 6.45) is 1.47. The molecule has 1 N–H and O–H groups in total. The first-order valence-electron chi connectivity index (χ1n) is 9.49. The fourth-order valence-electron chi connectivity index (χ4n) is 3.06. The number of carbonyl (C=O) groups is 2. The molecule has 0 bridgehead atoms. The van der Waals surface area contributed by atoms with Crippen LogP contribution in [0.4, 0.5) is 14.5 Å². The van der Waals surface area contributed by atoms with Crippen LogP contribution in [0.2, 0.25) is 5.02 Å². The van der Waals surface area contributed by atoms with Gasteiger partial charge in [0.2, 0.25) is 10.0 Å². The largest absolute Gasteiger partial charge is 0.452 e. The Hall–Kier alpha value is -2.76. The summed E-state index contributed by atoms with van der Waals surface area (Å²) in [5.41, 5.74) is -0.138. The molecule has 32 heavy (non-hydrogen) atoms. The van der Waals surface area contributed by atoms with Crippen LogP contribution in [0.25, 0.3) is 0 Å². The zero-order valence-corrected chi connectivity index (χ0v) is 18.2. The molecular weight excluding hydrogens is 470 g/mol. The van der Waals surface area contributed by atoms with Crippen molar-refractivity contribution in [2.75, 3.05) is 25.0 Å². The highest BCUT2D eigenvalue weighted by atomic mass is 35.5. The van der Waals surface area contributed by atoms with E-state index in [2.05, 4.69) is 10.1 Å². The quantitative estimate of drug-likeness (QED) is 0.570. The lowest BCUT2D eigenvalue weighted by Crippen LogP contribution is -2.28. The number of hydrogen-bond acceptors (Lipinski definition) is 6. The predicted molar refractivity (Wildman–Crippen MR) is 111 cm³/mol. The number of alkyl halides is 2. The molecule has 1 fully saturated rings. The van der Waals surface area contributed by atoms with Crippen molar-refractivity contribution in [1.82, 2.24) is 4.31 Å². The Balaban J connectivity index is 1.66. The van der Waals surface area contributed by atoms with Gasteiger partial charge in [0, 0.05) is 13.1 Å². The van der Waals surface area contributed by atoms with Gasteiger partial charge in [-0.05, 0) is 43.2 Å². The third-order valence-electron chi connectivity index (χ3n) is 4.56. The molecule has 2 aromatic carbocycles. The van der Waals surface area contributed by atoms with Gasteiger partial charge in [-0.3, -0.25) is 4.79 Å². The van der Waals surface area contributed by atoms with Crippen LogP contribution in [0.15, 0.2) is 47.4 Å². The highest BCUT2D eigenvalue weighted by molar-refractivity contribution is 7.89. The van der Waals surface area contributed by atoms with Gasteiger partial charge in [0.25, 0.3) is 5.91 Å². The van der Waals surface area contributed by atoms with Crippen molar-refractivity contribution >= 4 is 39.2 Å². The van der Waals surface area contributed by atoms with E-state index in [1.54, 1.807) is 0 Å². The molecule has 1 aliphatic rings. The number of sulfonamides is 1. The Morgan fingerprint density at radius 1 is 1.12 bits per heavy atom. The number of rotatable bonds is 8. The minimum absolute atomic E-state index is 0.0284. The molecular formula is C20H19ClF2N2O6S. The normalized spacial score (nSPS) is 14.4. The molecule has 1 heterocycles. The molecule has 0 aromatic heterocycles. The monoisotopic (exact) mass is 488 g/mol. The van der Waals surface area contributed by atoms with Crippen molar-refractivity contribution in [3.05, 3.63) is 53.1 Å². The summed E-state index contributed by atoms with van der Waals surface area (Å²) in [7, 11) is -3.87. The molecule has 172 valence electrons. The molecule has 0 unspecified atom stereocenters. The van der Waals surface area contributed by atoms with E-state index in [-0.39, 0.29) is 26.9 Å². The number of ether oxygens (including phenoxy) is 2. The van der Waals surface area contributed by atoms with Crippen LogP contribution >= 0.6 is 11.6 Å². The van der Waals surface area contributed by atoms with Crippen LogP contribution in [0, 0.1) is 0 Å². The standard InChI is InChI=1S/C20H19ClF2N2O6S/c21-14-8-7-13(11-17(14)32(28,29)25-9-3-4-10-25)19(27)30-12-18(26)24-15-5-1-2-6-16(15)31-20(22)23/h1-2,5-8,11,20H,3-4,9-10,12H2,(H,24,26). The second-order valence-electron chi connectivity index (χ2n) is 6.76. The summed E-state index contributed by atoms with van der Waals surface area (Å²) in [5, 5.41) is 2.27. The van der Waals surface area contributed by atoms with Crippen molar-refractivity contribution in [3.8, 4) is 5.75 Å². The molecule has 0 aliphatic carbocycles. The number of hydrogen-bond donors (Lipinski definition) is 1. The van der Waals surface area contributed by atoms with E-state index < -0.39 is 35.1 Å². The predicted octanol–water partition coefficient (Wildman–Crippen LogP) is 3.52. The van der Waals surface area contributed by atoms with Crippen LogP contribution in [-0.4, -0.2) is 50.9 Å². The van der Waals surface area contributed by atoms with Gasteiger partial charge in [0.05, 0.1) is 16.3 Å². The van der Waals surface area contributed by atoms with Gasteiger partial charge in [-0.1, -0.05) is 23.7 Å². The lowest BCUT2D eigenvalue weighted by molar-refractivity contribution is -0.119. The van der Waals surface area contributed by atoms with Crippen LogP contribution in [0.3, 0.4) is 0 Å². The molecule has 0 spiro atoms. The zero-order valence-electron chi connectivity index (χ0n) is 16.6. The number of nitrogens with zero attached hydrogens (tertiary/aromatic N) is 1. The minimum Gasteiger partial charge on any atom is -0.452 e. The van der Waals surface area contributed by atoms with E-state index >= 15 is 0 Å². The summed E-state index contributed by atoms with van der Waals surface area (Å²) < 4.78 is 61.0. The Kier molecular flexibility index (Phi) is 7.64. The fourth-order valence-corrected chi connectivity index (χ4v) is 5.08. The summed E-state index contributed by atoms with van der Waals surface area (Å²) >= 11 is 6.05. The van der Waals surface area contributed by atoms with Gasteiger partial charge in [-0.2, -0.15) is 13.1 Å². The summed E-state index contributed by atoms with van der Waals surface area (Å²) in [5.74, 6) is -2.01. The van der Waals surface area contributed by atoms with Crippen molar-refractivity contribution < 1.29 is 36.3 Å². The number of halogens is 3. The molecule has 2 aromatic rings. The number of para-hydroxylation sites is 2. The lowest BCUT2D eigenvalue weighted by Gasteiger charge is -2.17. The molecule has 1 saturated heterocycles. The first-order valence-corrected chi connectivity index (χ1v) is 11.3. The smallest absolute Gasteiger partial charge is 0.387 e. The Morgan fingerprint density at radius 3 is 2.50 bits per heavy atom. The van der Waals surface area contributed by atoms with Crippen LogP contribution in [0.5, 0.6) is 5.75 Å². The number of anilines is 1. The van der Waals surface area contributed by atoms with E-state index in [1.807, 2.05) is 0 Å². The Labute approximate surface area is 188 Å². The third-order valence-corrected chi connectivity index (χ3v) is 6.94. The van der Waals surface area contributed by atoms with Crippen LogP contribution in [-0.2, 0) is 19.6 Å². The molecule has 3 rings (SSSR count). The maximum Gasteiger partial charge on any atom is 0.387 e. The van der Waals surface area contributed by atoms with E-state index in [4.69, 9.17) is 16.3 Å². The van der Waals surface area contributed by atoms with Gasteiger partial charge < -0.3 is 14.8 Å². The first kappa shape index (κ1) is 23.9. The zero-order chi connectivity index (χ0) is 23.3. The molecule has 0 saturated carbocycles. The second-order valence-corrected chi connectivity index (χ2v) is 9.07. The number of amides is 1.